The lowest BCUT2D eigenvalue weighted by Gasteiger charge is -2.16. The molecule has 0 radical (unpaired) electrons. The number of unbranched alkanes of at least 4 members (excludes halogenated alkanes) is 14. The van der Waals surface area contributed by atoms with Crippen LogP contribution in [-0.4, -0.2) is 11.7 Å². The molecule has 0 spiro atoms. The molecular weight excluding hydrogens is 304 g/mol. The number of aliphatic hydroxyl groups is 1. The minimum atomic E-state index is 0.380. The second-order valence-corrected chi connectivity index (χ2v) is 8.26. The molecule has 0 rings (SSSR count). The summed E-state index contributed by atoms with van der Waals surface area (Å²) in [6.07, 6.45) is 27.8. The van der Waals surface area contributed by atoms with Gasteiger partial charge in [0, 0.05) is 6.61 Å². The molecule has 0 aliphatic heterocycles. The predicted molar refractivity (Wildman–Crippen MR) is 114 cm³/mol. The highest BCUT2D eigenvalue weighted by Crippen LogP contribution is 2.23. The zero-order chi connectivity index (χ0) is 18.4. The van der Waals surface area contributed by atoms with Gasteiger partial charge < -0.3 is 5.11 Å². The van der Waals surface area contributed by atoms with Crippen molar-refractivity contribution in [2.45, 2.75) is 142 Å². The van der Waals surface area contributed by atoms with Crippen molar-refractivity contribution in [3.05, 3.63) is 0 Å². The molecule has 1 nitrogen and oxygen atoms in total. The maximum Gasteiger partial charge on any atom is 0.0431 e. The highest BCUT2D eigenvalue weighted by molar-refractivity contribution is 4.61. The summed E-state index contributed by atoms with van der Waals surface area (Å²) >= 11 is 0. The molecular formula is C24H50O. The molecule has 0 fully saturated rings. The van der Waals surface area contributed by atoms with E-state index in [4.69, 9.17) is 5.11 Å². The second-order valence-electron chi connectivity index (χ2n) is 8.26. The normalized spacial score (nSPS) is 11.5. The van der Waals surface area contributed by atoms with Gasteiger partial charge in [-0.3, -0.25) is 0 Å². The van der Waals surface area contributed by atoms with Crippen LogP contribution in [0.25, 0.3) is 0 Å². The summed E-state index contributed by atoms with van der Waals surface area (Å²) in [5.74, 6) is 0.882. The van der Waals surface area contributed by atoms with Crippen LogP contribution >= 0.6 is 0 Å². The molecule has 152 valence electrons. The van der Waals surface area contributed by atoms with E-state index in [9.17, 15) is 0 Å². The van der Waals surface area contributed by atoms with Gasteiger partial charge in [-0.1, -0.05) is 129 Å². The van der Waals surface area contributed by atoms with Crippen LogP contribution in [0.15, 0.2) is 0 Å². The van der Waals surface area contributed by atoms with E-state index in [0.717, 1.165) is 12.3 Å². The van der Waals surface area contributed by atoms with Crippen LogP contribution in [0.3, 0.4) is 0 Å². The third kappa shape index (κ3) is 20.1. The topological polar surface area (TPSA) is 20.2 Å². The Bertz CT molecular complexity index is 206. The Morgan fingerprint density at radius 2 is 0.760 bits per heavy atom. The Kier molecular flexibility index (Phi) is 22.0. The van der Waals surface area contributed by atoms with Crippen LogP contribution in [-0.2, 0) is 0 Å². The summed E-state index contributed by atoms with van der Waals surface area (Å²) in [6.45, 7) is 4.96. The van der Waals surface area contributed by atoms with Crippen LogP contribution in [0.5, 0.6) is 0 Å². The Labute approximate surface area is 160 Å². The number of hydrogen-bond acceptors (Lipinski definition) is 1. The van der Waals surface area contributed by atoms with Crippen molar-refractivity contribution in [2.75, 3.05) is 6.61 Å². The van der Waals surface area contributed by atoms with Gasteiger partial charge in [-0.05, 0) is 18.8 Å². The molecule has 1 heteroatoms. The summed E-state index contributed by atoms with van der Waals surface area (Å²) in [6, 6.07) is 0. The van der Waals surface area contributed by atoms with E-state index in [1.165, 1.54) is 122 Å². The number of hydrogen-bond donors (Lipinski definition) is 1. The Morgan fingerprint density at radius 3 is 1.12 bits per heavy atom. The fraction of sp³-hybridized carbons (Fsp3) is 1.00. The van der Waals surface area contributed by atoms with Gasteiger partial charge in [0.1, 0.15) is 0 Å². The van der Waals surface area contributed by atoms with E-state index in [2.05, 4.69) is 13.8 Å². The molecule has 0 atom stereocenters. The SMILES string of the molecule is CCCCCCCCCCC(CCCO)CCCCCCCCCC. The highest BCUT2D eigenvalue weighted by Gasteiger charge is 2.08. The quantitative estimate of drug-likeness (QED) is 0.205. The molecule has 0 aliphatic carbocycles. The van der Waals surface area contributed by atoms with Crippen LogP contribution in [0.4, 0.5) is 0 Å². The summed E-state index contributed by atoms with van der Waals surface area (Å²) in [4.78, 5) is 0. The van der Waals surface area contributed by atoms with E-state index in [-0.39, 0.29) is 0 Å². The van der Waals surface area contributed by atoms with E-state index in [1.807, 2.05) is 0 Å². The molecule has 0 aromatic rings. The molecule has 0 aromatic heterocycles. The number of aliphatic hydroxyl groups excluding tert-OH is 1. The van der Waals surface area contributed by atoms with Crippen molar-refractivity contribution in [3.8, 4) is 0 Å². The monoisotopic (exact) mass is 354 g/mol. The third-order valence-corrected chi connectivity index (χ3v) is 5.70. The first kappa shape index (κ1) is 25.0. The lowest BCUT2D eigenvalue weighted by atomic mass is 9.90. The van der Waals surface area contributed by atoms with Gasteiger partial charge >= 0.3 is 0 Å². The van der Waals surface area contributed by atoms with Crippen molar-refractivity contribution < 1.29 is 5.11 Å². The van der Waals surface area contributed by atoms with Crippen LogP contribution in [0, 0.1) is 5.92 Å². The Balaban J connectivity index is 3.54. The van der Waals surface area contributed by atoms with Gasteiger partial charge in [0.05, 0.1) is 0 Å². The van der Waals surface area contributed by atoms with Gasteiger partial charge in [-0.15, -0.1) is 0 Å². The smallest absolute Gasteiger partial charge is 0.0431 e. The molecule has 0 unspecified atom stereocenters. The van der Waals surface area contributed by atoms with Crippen molar-refractivity contribution in [1.82, 2.24) is 0 Å². The van der Waals surface area contributed by atoms with E-state index in [1.54, 1.807) is 0 Å². The summed E-state index contributed by atoms with van der Waals surface area (Å²) in [5.41, 5.74) is 0. The zero-order valence-electron chi connectivity index (χ0n) is 17.9. The van der Waals surface area contributed by atoms with Crippen molar-refractivity contribution in [3.63, 3.8) is 0 Å². The average Bonchev–Trinajstić information content (AvgIpc) is 2.63. The first-order chi connectivity index (χ1) is 12.3. The lowest BCUT2D eigenvalue weighted by molar-refractivity contribution is 0.261. The third-order valence-electron chi connectivity index (χ3n) is 5.70. The molecule has 0 aromatic carbocycles. The van der Waals surface area contributed by atoms with Crippen LogP contribution < -0.4 is 0 Å². The average molecular weight is 355 g/mol. The van der Waals surface area contributed by atoms with Crippen LogP contribution in [0.2, 0.25) is 0 Å². The van der Waals surface area contributed by atoms with Gasteiger partial charge in [-0.2, -0.15) is 0 Å². The largest absolute Gasteiger partial charge is 0.396 e. The Morgan fingerprint density at radius 1 is 0.440 bits per heavy atom. The maximum absolute atomic E-state index is 9.14. The lowest BCUT2D eigenvalue weighted by Crippen LogP contribution is -2.02. The summed E-state index contributed by atoms with van der Waals surface area (Å²) in [7, 11) is 0. The molecule has 0 saturated heterocycles. The zero-order valence-corrected chi connectivity index (χ0v) is 17.9. The standard InChI is InChI=1S/C24H50O/c1-3-5-7-9-11-13-15-17-20-24(22-19-23-25)21-18-16-14-12-10-8-6-4-2/h24-25H,3-23H2,1-2H3. The molecule has 0 amide bonds. The summed E-state index contributed by atoms with van der Waals surface area (Å²) in [5, 5.41) is 9.14. The van der Waals surface area contributed by atoms with Gasteiger partial charge in [0.15, 0.2) is 0 Å². The van der Waals surface area contributed by atoms with Crippen molar-refractivity contribution >= 4 is 0 Å². The molecule has 1 N–H and O–H groups in total. The fourth-order valence-corrected chi connectivity index (χ4v) is 3.95. The minimum absolute atomic E-state index is 0.380. The fourth-order valence-electron chi connectivity index (χ4n) is 3.95. The van der Waals surface area contributed by atoms with Crippen LogP contribution in [0.1, 0.15) is 142 Å². The maximum atomic E-state index is 9.14. The predicted octanol–water partition coefficient (Wildman–Crippen LogP) is 8.44. The molecule has 25 heavy (non-hydrogen) atoms. The van der Waals surface area contributed by atoms with E-state index < -0.39 is 0 Å². The van der Waals surface area contributed by atoms with Gasteiger partial charge in [0.25, 0.3) is 0 Å². The van der Waals surface area contributed by atoms with Crippen molar-refractivity contribution in [2.24, 2.45) is 5.92 Å². The molecule has 0 heterocycles. The van der Waals surface area contributed by atoms with E-state index >= 15 is 0 Å². The van der Waals surface area contributed by atoms with Crippen molar-refractivity contribution in [1.29, 1.82) is 0 Å². The van der Waals surface area contributed by atoms with Gasteiger partial charge in [0.2, 0.25) is 0 Å². The summed E-state index contributed by atoms with van der Waals surface area (Å²) < 4.78 is 0. The second kappa shape index (κ2) is 22.0. The van der Waals surface area contributed by atoms with E-state index in [0.29, 0.717) is 6.61 Å². The number of rotatable bonds is 21. The molecule has 0 aliphatic rings. The molecule has 0 bridgehead atoms. The Hall–Kier alpha value is -0.0400. The first-order valence-corrected chi connectivity index (χ1v) is 12.0. The molecule has 0 saturated carbocycles. The highest BCUT2D eigenvalue weighted by atomic mass is 16.2. The minimum Gasteiger partial charge on any atom is -0.396 e. The van der Waals surface area contributed by atoms with Gasteiger partial charge in [-0.25, -0.2) is 0 Å². The first-order valence-electron chi connectivity index (χ1n) is 12.0.